The Morgan fingerprint density at radius 2 is 1.77 bits per heavy atom. The van der Waals surface area contributed by atoms with Gasteiger partial charge in [0.1, 0.15) is 0 Å². The van der Waals surface area contributed by atoms with Crippen LogP contribution in [0.2, 0.25) is 0 Å². The number of carbonyl (C=O) groups excluding carboxylic acids is 1. The van der Waals surface area contributed by atoms with Crippen LogP contribution in [0.25, 0.3) is 0 Å². The van der Waals surface area contributed by atoms with E-state index in [0.717, 1.165) is 32.7 Å². The molecule has 1 aromatic heterocycles. The second-order valence-electron chi connectivity index (χ2n) is 6.19. The number of piperazine rings is 1. The van der Waals surface area contributed by atoms with E-state index in [1.807, 2.05) is 48.4 Å². The van der Waals surface area contributed by atoms with Gasteiger partial charge < -0.3 is 14.4 Å². The summed E-state index contributed by atoms with van der Waals surface area (Å²) in [5.41, 5.74) is 1.20. The molecule has 26 heavy (non-hydrogen) atoms. The van der Waals surface area contributed by atoms with Gasteiger partial charge >= 0.3 is 0 Å². The molecule has 1 aliphatic rings. The Hall–Kier alpha value is -2.60. The number of para-hydroxylation sites is 2. The SMILES string of the molecule is CCOc1ccccc1OCC(=O)N1CCN(Cc2cccnc2)CC1. The van der Waals surface area contributed by atoms with Gasteiger partial charge in [0.05, 0.1) is 6.61 Å². The second kappa shape index (κ2) is 9.20. The minimum absolute atomic E-state index is 0.0114. The van der Waals surface area contributed by atoms with Crippen LogP contribution < -0.4 is 9.47 Å². The molecule has 1 fully saturated rings. The van der Waals surface area contributed by atoms with Crippen LogP contribution in [-0.4, -0.2) is 60.1 Å². The molecule has 0 saturated carbocycles. The fourth-order valence-electron chi connectivity index (χ4n) is 2.98. The summed E-state index contributed by atoms with van der Waals surface area (Å²) in [7, 11) is 0. The first-order valence-corrected chi connectivity index (χ1v) is 9.00. The smallest absolute Gasteiger partial charge is 0.260 e. The average Bonchev–Trinajstić information content (AvgIpc) is 2.69. The van der Waals surface area contributed by atoms with E-state index in [4.69, 9.17) is 9.47 Å². The van der Waals surface area contributed by atoms with Gasteiger partial charge in [-0.05, 0) is 30.7 Å². The van der Waals surface area contributed by atoms with Crippen molar-refractivity contribution in [1.82, 2.24) is 14.8 Å². The topological polar surface area (TPSA) is 54.9 Å². The molecule has 6 heteroatoms. The highest BCUT2D eigenvalue weighted by molar-refractivity contribution is 5.78. The lowest BCUT2D eigenvalue weighted by Crippen LogP contribution is -2.49. The van der Waals surface area contributed by atoms with Gasteiger partial charge in [0, 0.05) is 45.1 Å². The molecule has 0 spiro atoms. The molecule has 2 aromatic rings. The normalized spacial score (nSPS) is 14.9. The van der Waals surface area contributed by atoms with Crippen LogP contribution in [-0.2, 0) is 11.3 Å². The molecule has 0 aliphatic carbocycles. The van der Waals surface area contributed by atoms with E-state index in [9.17, 15) is 4.79 Å². The largest absolute Gasteiger partial charge is 0.490 e. The summed E-state index contributed by atoms with van der Waals surface area (Å²) in [6.45, 7) is 6.54. The lowest BCUT2D eigenvalue weighted by atomic mass is 10.2. The van der Waals surface area contributed by atoms with Gasteiger partial charge in [-0.3, -0.25) is 14.7 Å². The van der Waals surface area contributed by atoms with E-state index in [1.165, 1.54) is 5.56 Å². The van der Waals surface area contributed by atoms with Crippen molar-refractivity contribution >= 4 is 5.91 Å². The highest BCUT2D eigenvalue weighted by Gasteiger charge is 2.21. The maximum Gasteiger partial charge on any atom is 0.260 e. The highest BCUT2D eigenvalue weighted by atomic mass is 16.5. The Kier molecular flexibility index (Phi) is 6.44. The zero-order valence-electron chi connectivity index (χ0n) is 15.1. The van der Waals surface area contributed by atoms with Gasteiger partial charge in [-0.25, -0.2) is 0 Å². The zero-order chi connectivity index (χ0) is 18.2. The molecular formula is C20H25N3O3. The third-order valence-electron chi connectivity index (χ3n) is 4.35. The molecule has 0 radical (unpaired) electrons. The second-order valence-corrected chi connectivity index (χ2v) is 6.19. The van der Waals surface area contributed by atoms with Crippen molar-refractivity contribution in [2.24, 2.45) is 0 Å². The lowest BCUT2D eigenvalue weighted by Gasteiger charge is -2.34. The summed E-state index contributed by atoms with van der Waals surface area (Å²) in [5, 5.41) is 0. The molecule has 1 amide bonds. The predicted molar refractivity (Wildman–Crippen MR) is 99.2 cm³/mol. The standard InChI is InChI=1S/C20H25N3O3/c1-2-25-18-7-3-4-8-19(18)26-16-20(24)23-12-10-22(11-13-23)15-17-6-5-9-21-14-17/h3-9,14H,2,10-13,15-16H2,1H3. The Balaban J connectivity index is 1.45. The summed E-state index contributed by atoms with van der Waals surface area (Å²) in [6, 6.07) is 11.5. The van der Waals surface area contributed by atoms with Crippen LogP contribution >= 0.6 is 0 Å². The zero-order valence-corrected chi connectivity index (χ0v) is 15.1. The summed E-state index contributed by atoms with van der Waals surface area (Å²) in [4.78, 5) is 20.8. The number of amides is 1. The number of nitrogens with zero attached hydrogens (tertiary/aromatic N) is 3. The van der Waals surface area contributed by atoms with Crippen molar-refractivity contribution in [3.8, 4) is 11.5 Å². The number of hydrogen-bond donors (Lipinski definition) is 0. The van der Waals surface area contributed by atoms with E-state index in [0.29, 0.717) is 18.1 Å². The molecule has 0 N–H and O–H groups in total. The van der Waals surface area contributed by atoms with Gasteiger partial charge in [-0.2, -0.15) is 0 Å². The van der Waals surface area contributed by atoms with Crippen LogP contribution in [0.1, 0.15) is 12.5 Å². The van der Waals surface area contributed by atoms with Crippen molar-refractivity contribution in [3.63, 3.8) is 0 Å². The number of aromatic nitrogens is 1. The van der Waals surface area contributed by atoms with Crippen molar-refractivity contribution in [2.75, 3.05) is 39.4 Å². The van der Waals surface area contributed by atoms with Gasteiger partial charge in [-0.1, -0.05) is 18.2 Å². The Morgan fingerprint density at radius 3 is 2.42 bits per heavy atom. The van der Waals surface area contributed by atoms with Crippen molar-refractivity contribution in [2.45, 2.75) is 13.5 Å². The molecule has 138 valence electrons. The van der Waals surface area contributed by atoms with Crippen LogP contribution in [0.5, 0.6) is 11.5 Å². The number of carbonyl (C=O) groups is 1. The van der Waals surface area contributed by atoms with Gasteiger partial charge in [0.15, 0.2) is 18.1 Å². The van der Waals surface area contributed by atoms with Gasteiger partial charge in [0.25, 0.3) is 5.91 Å². The molecule has 2 heterocycles. The molecule has 0 atom stereocenters. The summed E-state index contributed by atoms with van der Waals surface area (Å²) in [5.74, 6) is 1.29. The number of benzene rings is 1. The molecule has 0 bridgehead atoms. The first-order chi connectivity index (χ1) is 12.8. The van der Waals surface area contributed by atoms with E-state index < -0.39 is 0 Å². The third kappa shape index (κ3) is 4.95. The van der Waals surface area contributed by atoms with Crippen LogP contribution in [0, 0.1) is 0 Å². The first kappa shape index (κ1) is 18.2. The summed E-state index contributed by atoms with van der Waals surface area (Å²) < 4.78 is 11.2. The van der Waals surface area contributed by atoms with Gasteiger partial charge in [0.2, 0.25) is 0 Å². The molecule has 1 aliphatic heterocycles. The van der Waals surface area contributed by atoms with Crippen molar-refractivity contribution in [1.29, 1.82) is 0 Å². The molecule has 0 unspecified atom stereocenters. The van der Waals surface area contributed by atoms with Crippen LogP contribution in [0.15, 0.2) is 48.8 Å². The Labute approximate surface area is 154 Å². The van der Waals surface area contributed by atoms with E-state index >= 15 is 0 Å². The van der Waals surface area contributed by atoms with Crippen molar-refractivity contribution < 1.29 is 14.3 Å². The minimum atomic E-state index is 0.0114. The summed E-state index contributed by atoms with van der Waals surface area (Å²) >= 11 is 0. The van der Waals surface area contributed by atoms with E-state index in [2.05, 4.69) is 16.0 Å². The van der Waals surface area contributed by atoms with Crippen molar-refractivity contribution in [3.05, 3.63) is 54.4 Å². The monoisotopic (exact) mass is 355 g/mol. The maximum absolute atomic E-state index is 12.4. The maximum atomic E-state index is 12.4. The predicted octanol–water partition coefficient (Wildman–Crippen LogP) is 2.20. The molecule has 3 rings (SSSR count). The fraction of sp³-hybridized carbons (Fsp3) is 0.400. The lowest BCUT2D eigenvalue weighted by molar-refractivity contribution is -0.135. The Morgan fingerprint density at radius 1 is 1.04 bits per heavy atom. The number of ether oxygens (including phenoxy) is 2. The minimum Gasteiger partial charge on any atom is -0.490 e. The molecule has 1 saturated heterocycles. The Bertz CT molecular complexity index is 700. The first-order valence-electron chi connectivity index (χ1n) is 9.00. The third-order valence-corrected chi connectivity index (χ3v) is 4.35. The van der Waals surface area contributed by atoms with Crippen LogP contribution in [0.4, 0.5) is 0 Å². The average molecular weight is 355 g/mol. The highest BCUT2D eigenvalue weighted by Crippen LogP contribution is 2.26. The fourth-order valence-corrected chi connectivity index (χ4v) is 2.98. The number of pyridine rings is 1. The summed E-state index contributed by atoms with van der Waals surface area (Å²) in [6.07, 6.45) is 3.67. The van der Waals surface area contributed by atoms with Gasteiger partial charge in [-0.15, -0.1) is 0 Å². The van der Waals surface area contributed by atoms with E-state index in [-0.39, 0.29) is 12.5 Å². The quantitative estimate of drug-likeness (QED) is 0.762. The van der Waals surface area contributed by atoms with Crippen LogP contribution in [0.3, 0.4) is 0 Å². The number of hydrogen-bond acceptors (Lipinski definition) is 5. The van der Waals surface area contributed by atoms with E-state index in [1.54, 1.807) is 6.20 Å². The molecular weight excluding hydrogens is 330 g/mol. The molecule has 6 nitrogen and oxygen atoms in total. The molecule has 1 aromatic carbocycles. The number of rotatable bonds is 7.